The number of rotatable bonds is 6. The minimum Gasteiger partial charge on any atom is -0.326 e. The molecule has 0 bridgehead atoms. The van der Waals surface area contributed by atoms with Crippen LogP contribution in [-0.2, 0) is 4.79 Å². The maximum Gasteiger partial charge on any atom is 0.261 e. The van der Waals surface area contributed by atoms with Gasteiger partial charge in [0.1, 0.15) is 0 Å². The van der Waals surface area contributed by atoms with E-state index in [1.807, 2.05) is 0 Å². The summed E-state index contributed by atoms with van der Waals surface area (Å²) < 4.78 is 0. The quantitative estimate of drug-likeness (QED) is 0.641. The molecule has 2 aromatic carbocycles. The van der Waals surface area contributed by atoms with Crippen LogP contribution in [0.1, 0.15) is 50.8 Å². The molecule has 2 aromatic rings. The number of imide groups is 1. The average Bonchev–Trinajstić information content (AvgIpc) is 2.87. The normalized spacial score (nSPS) is 12.9. The first-order valence-corrected chi connectivity index (χ1v) is 8.33. The molecule has 0 aliphatic carbocycles. The van der Waals surface area contributed by atoms with Crippen molar-refractivity contribution in [1.82, 2.24) is 4.90 Å². The van der Waals surface area contributed by atoms with Gasteiger partial charge >= 0.3 is 0 Å². The molecule has 1 aliphatic rings. The summed E-state index contributed by atoms with van der Waals surface area (Å²) in [5.41, 5.74) is 1.88. The Morgan fingerprint density at radius 1 is 0.962 bits per heavy atom. The molecule has 3 amide bonds. The summed E-state index contributed by atoms with van der Waals surface area (Å²) in [6, 6.07) is 13.4. The van der Waals surface area contributed by atoms with Gasteiger partial charge in [-0.15, -0.1) is 0 Å². The zero-order valence-corrected chi connectivity index (χ0v) is 14.3. The lowest BCUT2D eigenvalue weighted by atomic mass is 10.1. The van der Waals surface area contributed by atoms with Crippen molar-refractivity contribution in [3.8, 4) is 0 Å². The zero-order valence-electron chi connectivity index (χ0n) is 14.3. The fourth-order valence-corrected chi connectivity index (χ4v) is 2.88. The number of anilines is 1. The van der Waals surface area contributed by atoms with E-state index in [-0.39, 0.29) is 36.5 Å². The third kappa shape index (κ3) is 3.54. The molecule has 0 fully saturated rings. The number of fused-ring (bicyclic) bond motifs is 1. The smallest absolute Gasteiger partial charge is 0.261 e. The van der Waals surface area contributed by atoms with Crippen molar-refractivity contribution >= 4 is 29.2 Å². The maximum atomic E-state index is 12.2. The van der Waals surface area contributed by atoms with Gasteiger partial charge in [-0.05, 0) is 37.6 Å². The average molecular weight is 350 g/mol. The van der Waals surface area contributed by atoms with Gasteiger partial charge in [-0.3, -0.25) is 24.1 Å². The first kappa shape index (κ1) is 17.5. The lowest BCUT2D eigenvalue weighted by Gasteiger charge is -2.13. The first-order chi connectivity index (χ1) is 12.5. The lowest BCUT2D eigenvalue weighted by Crippen LogP contribution is -2.31. The van der Waals surface area contributed by atoms with E-state index >= 15 is 0 Å². The topological polar surface area (TPSA) is 83.6 Å². The number of benzene rings is 2. The van der Waals surface area contributed by atoms with E-state index in [4.69, 9.17) is 0 Å². The molecule has 1 aliphatic heterocycles. The Labute approximate surface area is 150 Å². The van der Waals surface area contributed by atoms with Crippen LogP contribution in [-0.4, -0.2) is 34.9 Å². The zero-order chi connectivity index (χ0) is 18.7. The number of hydrogen-bond acceptors (Lipinski definition) is 4. The van der Waals surface area contributed by atoms with E-state index in [2.05, 4.69) is 5.32 Å². The molecule has 3 rings (SSSR count). The van der Waals surface area contributed by atoms with Crippen LogP contribution in [0.4, 0.5) is 5.69 Å². The second-order valence-corrected chi connectivity index (χ2v) is 6.10. The standard InChI is InChI=1S/C20H18N2O4/c1-13(23)14-6-4-7-15(12-14)21-18(24)10-5-11-22-19(25)16-8-2-3-9-17(16)20(22)26/h2-4,6-9,12H,5,10-11H2,1H3,(H,21,24). The fourth-order valence-electron chi connectivity index (χ4n) is 2.88. The Kier molecular flexibility index (Phi) is 4.93. The lowest BCUT2D eigenvalue weighted by molar-refractivity contribution is -0.116. The number of nitrogens with one attached hydrogen (secondary N) is 1. The van der Waals surface area contributed by atoms with Gasteiger partial charge in [0.15, 0.2) is 5.78 Å². The highest BCUT2D eigenvalue weighted by Crippen LogP contribution is 2.22. The molecular formula is C20H18N2O4. The second-order valence-electron chi connectivity index (χ2n) is 6.10. The fraction of sp³-hybridized carbons (Fsp3) is 0.200. The Morgan fingerprint density at radius 3 is 2.23 bits per heavy atom. The molecule has 0 aromatic heterocycles. The van der Waals surface area contributed by atoms with E-state index in [1.165, 1.54) is 11.8 Å². The van der Waals surface area contributed by atoms with Gasteiger partial charge in [0.2, 0.25) is 5.91 Å². The SMILES string of the molecule is CC(=O)c1cccc(NC(=O)CCCN2C(=O)c3ccccc3C2=O)c1. The van der Waals surface area contributed by atoms with Gasteiger partial charge in [0.05, 0.1) is 11.1 Å². The molecule has 6 heteroatoms. The van der Waals surface area contributed by atoms with E-state index in [0.29, 0.717) is 28.8 Å². The highest BCUT2D eigenvalue weighted by atomic mass is 16.2. The predicted molar refractivity (Wildman–Crippen MR) is 96.1 cm³/mol. The Hall–Kier alpha value is -3.28. The molecule has 1 heterocycles. The molecule has 0 saturated carbocycles. The van der Waals surface area contributed by atoms with Gasteiger partial charge in [-0.1, -0.05) is 24.3 Å². The van der Waals surface area contributed by atoms with Gasteiger partial charge < -0.3 is 5.32 Å². The Bertz CT molecular complexity index is 869. The largest absolute Gasteiger partial charge is 0.326 e. The van der Waals surface area contributed by atoms with Crippen molar-refractivity contribution in [3.05, 3.63) is 65.2 Å². The number of Topliss-reactive ketones (excluding diaryl/α,β-unsaturated/α-hetero) is 1. The van der Waals surface area contributed by atoms with E-state index < -0.39 is 0 Å². The maximum absolute atomic E-state index is 12.2. The van der Waals surface area contributed by atoms with Crippen LogP contribution in [0.3, 0.4) is 0 Å². The predicted octanol–water partition coefficient (Wildman–Crippen LogP) is 2.90. The summed E-state index contributed by atoms with van der Waals surface area (Å²) in [6.07, 6.45) is 0.529. The Balaban J connectivity index is 1.53. The van der Waals surface area contributed by atoms with Crippen molar-refractivity contribution in [3.63, 3.8) is 0 Å². The number of ketones is 1. The third-order valence-electron chi connectivity index (χ3n) is 4.22. The number of hydrogen-bond donors (Lipinski definition) is 1. The first-order valence-electron chi connectivity index (χ1n) is 8.33. The summed E-state index contributed by atoms with van der Waals surface area (Å²) in [4.78, 5) is 49.1. The van der Waals surface area contributed by atoms with Gasteiger partial charge in [-0.25, -0.2) is 0 Å². The molecule has 0 atom stereocenters. The molecule has 0 spiro atoms. The van der Waals surface area contributed by atoms with E-state index in [1.54, 1.807) is 48.5 Å². The summed E-state index contributed by atoms with van der Waals surface area (Å²) >= 11 is 0. The van der Waals surface area contributed by atoms with Crippen molar-refractivity contribution in [1.29, 1.82) is 0 Å². The van der Waals surface area contributed by atoms with Crippen LogP contribution in [0.15, 0.2) is 48.5 Å². The number of carbonyl (C=O) groups is 4. The van der Waals surface area contributed by atoms with Gasteiger partial charge in [0.25, 0.3) is 11.8 Å². The molecular weight excluding hydrogens is 332 g/mol. The molecule has 6 nitrogen and oxygen atoms in total. The number of carbonyl (C=O) groups excluding carboxylic acids is 4. The van der Waals surface area contributed by atoms with Crippen molar-refractivity contribution in [2.24, 2.45) is 0 Å². The minimum absolute atomic E-state index is 0.0771. The molecule has 0 saturated heterocycles. The summed E-state index contributed by atoms with van der Waals surface area (Å²) in [7, 11) is 0. The van der Waals surface area contributed by atoms with Crippen molar-refractivity contribution in [2.75, 3.05) is 11.9 Å². The molecule has 0 unspecified atom stereocenters. The van der Waals surface area contributed by atoms with E-state index in [0.717, 1.165) is 0 Å². The van der Waals surface area contributed by atoms with Gasteiger partial charge in [0, 0.05) is 24.2 Å². The molecule has 0 radical (unpaired) electrons. The van der Waals surface area contributed by atoms with Crippen LogP contribution >= 0.6 is 0 Å². The summed E-state index contributed by atoms with van der Waals surface area (Å²) in [6.45, 7) is 1.65. The van der Waals surface area contributed by atoms with Crippen LogP contribution in [0.5, 0.6) is 0 Å². The summed E-state index contributed by atoms with van der Waals surface area (Å²) in [5, 5.41) is 2.72. The number of amides is 3. The van der Waals surface area contributed by atoms with Gasteiger partial charge in [-0.2, -0.15) is 0 Å². The number of nitrogens with zero attached hydrogens (tertiary/aromatic N) is 1. The monoisotopic (exact) mass is 350 g/mol. The highest BCUT2D eigenvalue weighted by molar-refractivity contribution is 6.21. The molecule has 132 valence electrons. The van der Waals surface area contributed by atoms with Crippen molar-refractivity contribution < 1.29 is 19.2 Å². The molecule has 26 heavy (non-hydrogen) atoms. The molecule has 1 N–H and O–H groups in total. The second kappa shape index (κ2) is 7.31. The van der Waals surface area contributed by atoms with Crippen LogP contribution < -0.4 is 5.32 Å². The van der Waals surface area contributed by atoms with Crippen LogP contribution in [0, 0.1) is 0 Å². The van der Waals surface area contributed by atoms with Crippen molar-refractivity contribution in [2.45, 2.75) is 19.8 Å². The highest BCUT2D eigenvalue weighted by Gasteiger charge is 2.34. The van der Waals surface area contributed by atoms with Crippen LogP contribution in [0.2, 0.25) is 0 Å². The Morgan fingerprint density at radius 2 is 1.62 bits per heavy atom. The van der Waals surface area contributed by atoms with E-state index in [9.17, 15) is 19.2 Å². The minimum atomic E-state index is -0.319. The third-order valence-corrected chi connectivity index (χ3v) is 4.22. The van der Waals surface area contributed by atoms with Crippen LogP contribution in [0.25, 0.3) is 0 Å². The summed E-state index contributed by atoms with van der Waals surface area (Å²) in [5.74, 6) is -0.950.